The maximum Gasteiger partial charge on any atom is 0.129 e. The van der Waals surface area contributed by atoms with E-state index in [1.165, 1.54) is 0 Å². The zero-order valence-corrected chi connectivity index (χ0v) is 12.5. The van der Waals surface area contributed by atoms with Gasteiger partial charge < -0.3 is 10.2 Å². The molecule has 0 amide bonds. The van der Waals surface area contributed by atoms with Gasteiger partial charge in [0, 0.05) is 25.7 Å². The van der Waals surface area contributed by atoms with Crippen molar-refractivity contribution < 1.29 is 0 Å². The molecule has 0 bridgehead atoms. The van der Waals surface area contributed by atoms with Crippen molar-refractivity contribution in [1.82, 2.24) is 10.3 Å². The predicted molar refractivity (Wildman–Crippen MR) is 83.8 cm³/mol. The molecule has 0 aliphatic rings. The quantitative estimate of drug-likeness (QED) is 0.739. The second kappa shape index (κ2) is 7.97. The number of halogens is 1. The topological polar surface area (TPSA) is 28.2 Å². The Morgan fingerprint density at radius 2 is 1.95 bits per heavy atom. The first-order valence-corrected chi connectivity index (χ1v) is 6.81. The standard InChI is InChI=1S/C15H22ClN3/c1-5-9-19(10-6-2)15-8-7-13(16)14(18-15)11-17-12(3)4/h5-8,12,17H,1-2,9-11H2,3-4H3. The number of rotatable bonds is 8. The predicted octanol–water partition coefficient (Wildman–Crippen LogP) is 3.41. The minimum absolute atomic E-state index is 0.402. The molecule has 0 fully saturated rings. The van der Waals surface area contributed by atoms with Crippen LogP contribution < -0.4 is 10.2 Å². The lowest BCUT2D eigenvalue weighted by molar-refractivity contribution is 0.581. The van der Waals surface area contributed by atoms with Crippen LogP contribution in [0.4, 0.5) is 5.82 Å². The Balaban J connectivity index is 2.91. The van der Waals surface area contributed by atoms with E-state index in [9.17, 15) is 0 Å². The van der Waals surface area contributed by atoms with E-state index in [1.807, 2.05) is 24.3 Å². The molecule has 0 saturated carbocycles. The summed E-state index contributed by atoms with van der Waals surface area (Å²) in [5.74, 6) is 0.893. The molecule has 0 spiro atoms. The average molecular weight is 280 g/mol. The van der Waals surface area contributed by atoms with Crippen molar-refractivity contribution in [2.24, 2.45) is 0 Å². The van der Waals surface area contributed by atoms with Gasteiger partial charge in [-0.25, -0.2) is 4.98 Å². The molecule has 1 aromatic rings. The Bertz CT molecular complexity index is 419. The van der Waals surface area contributed by atoms with Crippen molar-refractivity contribution >= 4 is 17.4 Å². The van der Waals surface area contributed by atoms with E-state index in [0.717, 1.165) is 24.6 Å². The second-order valence-electron chi connectivity index (χ2n) is 4.62. The molecule has 1 N–H and O–H groups in total. The van der Waals surface area contributed by atoms with Gasteiger partial charge in [0.1, 0.15) is 5.82 Å². The van der Waals surface area contributed by atoms with Gasteiger partial charge in [0.25, 0.3) is 0 Å². The molecule has 19 heavy (non-hydrogen) atoms. The van der Waals surface area contributed by atoms with Crippen LogP contribution in [0.2, 0.25) is 5.02 Å². The van der Waals surface area contributed by atoms with Gasteiger partial charge in [0.2, 0.25) is 0 Å². The fourth-order valence-electron chi connectivity index (χ4n) is 1.65. The third-order valence-electron chi connectivity index (χ3n) is 2.60. The average Bonchev–Trinajstić information content (AvgIpc) is 2.37. The number of hydrogen-bond acceptors (Lipinski definition) is 3. The van der Waals surface area contributed by atoms with Gasteiger partial charge in [-0.1, -0.05) is 37.6 Å². The Morgan fingerprint density at radius 3 is 2.47 bits per heavy atom. The van der Waals surface area contributed by atoms with Crippen LogP contribution in [0.3, 0.4) is 0 Å². The molecule has 0 atom stereocenters. The van der Waals surface area contributed by atoms with E-state index in [1.54, 1.807) is 0 Å². The summed E-state index contributed by atoms with van der Waals surface area (Å²) in [7, 11) is 0. The zero-order chi connectivity index (χ0) is 14.3. The smallest absolute Gasteiger partial charge is 0.129 e. The maximum atomic E-state index is 6.18. The van der Waals surface area contributed by atoms with Gasteiger partial charge in [-0.05, 0) is 12.1 Å². The number of hydrogen-bond donors (Lipinski definition) is 1. The molecular weight excluding hydrogens is 258 g/mol. The Labute approximate surface area is 121 Å². The van der Waals surface area contributed by atoms with Crippen LogP contribution in [-0.4, -0.2) is 24.1 Å². The van der Waals surface area contributed by atoms with E-state index in [0.29, 0.717) is 17.6 Å². The summed E-state index contributed by atoms with van der Waals surface area (Å²) < 4.78 is 0. The van der Waals surface area contributed by atoms with Crippen LogP contribution in [0.15, 0.2) is 37.4 Å². The lowest BCUT2D eigenvalue weighted by atomic mass is 10.3. The summed E-state index contributed by atoms with van der Waals surface area (Å²) >= 11 is 6.18. The van der Waals surface area contributed by atoms with E-state index in [-0.39, 0.29) is 0 Å². The van der Waals surface area contributed by atoms with Gasteiger partial charge in [0.15, 0.2) is 0 Å². The van der Waals surface area contributed by atoms with E-state index < -0.39 is 0 Å². The van der Waals surface area contributed by atoms with Gasteiger partial charge in [-0.15, -0.1) is 13.2 Å². The first-order chi connectivity index (χ1) is 9.08. The molecule has 0 radical (unpaired) electrons. The SMILES string of the molecule is C=CCN(CC=C)c1ccc(Cl)c(CNC(C)C)n1. The highest BCUT2D eigenvalue weighted by Crippen LogP contribution is 2.19. The molecule has 0 aromatic carbocycles. The first-order valence-electron chi connectivity index (χ1n) is 6.44. The van der Waals surface area contributed by atoms with E-state index >= 15 is 0 Å². The van der Waals surface area contributed by atoms with Crippen molar-refractivity contribution in [2.45, 2.75) is 26.4 Å². The zero-order valence-electron chi connectivity index (χ0n) is 11.7. The number of aromatic nitrogens is 1. The van der Waals surface area contributed by atoms with Crippen LogP contribution in [0.1, 0.15) is 19.5 Å². The fourth-order valence-corrected chi connectivity index (χ4v) is 1.82. The highest BCUT2D eigenvalue weighted by atomic mass is 35.5. The molecule has 0 aliphatic heterocycles. The first kappa shape index (κ1) is 15.7. The van der Waals surface area contributed by atoms with Crippen LogP contribution >= 0.6 is 11.6 Å². The minimum Gasteiger partial charge on any atom is -0.349 e. The molecule has 0 aliphatic carbocycles. The summed E-state index contributed by atoms with van der Waals surface area (Å²) in [6.45, 7) is 13.9. The molecule has 1 aromatic heterocycles. The minimum atomic E-state index is 0.402. The van der Waals surface area contributed by atoms with E-state index in [2.05, 4.69) is 42.2 Å². The summed E-state index contributed by atoms with van der Waals surface area (Å²) in [5, 5.41) is 4.02. The van der Waals surface area contributed by atoms with Crippen molar-refractivity contribution in [1.29, 1.82) is 0 Å². The Hall–Kier alpha value is -1.32. The van der Waals surface area contributed by atoms with Gasteiger partial charge in [-0.3, -0.25) is 0 Å². The highest BCUT2D eigenvalue weighted by Gasteiger charge is 2.09. The third-order valence-corrected chi connectivity index (χ3v) is 2.95. The van der Waals surface area contributed by atoms with Crippen molar-refractivity contribution in [3.63, 3.8) is 0 Å². The number of anilines is 1. The van der Waals surface area contributed by atoms with Gasteiger partial charge in [-0.2, -0.15) is 0 Å². The third kappa shape index (κ3) is 5.05. The fraction of sp³-hybridized carbons (Fsp3) is 0.400. The summed E-state index contributed by atoms with van der Waals surface area (Å²) in [6.07, 6.45) is 3.71. The van der Waals surface area contributed by atoms with Crippen molar-refractivity contribution in [3.8, 4) is 0 Å². The Morgan fingerprint density at radius 1 is 1.32 bits per heavy atom. The molecule has 1 heterocycles. The molecule has 104 valence electrons. The van der Waals surface area contributed by atoms with Gasteiger partial charge in [0.05, 0.1) is 10.7 Å². The maximum absolute atomic E-state index is 6.18. The summed E-state index contributed by atoms with van der Waals surface area (Å²) in [4.78, 5) is 6.71. The van der Waals surface area contributed by atoms with Crippen molar-refractivity contribution in [2.75, 3.05) is 18.0 Å². The molecule has 3 nitrogen and oxygen atoms in total. The summed E-state index contributed by atoms with van der Waals surface area (Å²) in [5.41, 5.74) is 0.867. The number of nitrogens with one attached hydrogen (secondary N) is 1. The van der Waals surface area contributed by atoms with Crippen LogP contribution in [0.5, 0.6) is 0 Å². The molecule has 0 unspecified atom stereocenters. The molecular formula is C15H22ClN3. The van der Waals surface area contributed by atoms with Crippen LogP contribution in [0.25, 0.3) is 0 Å². The monoisotopic (exact) mass is 279 g/mol. The van der Waals surface area contributed by atoms with Crippen molar-refractivity contribution in [3.05, 3.63) is 48.2 Å². The Kier molecular flexibility index (Phi) is 6.60. The highest BCUT2D eigenvalue weighted by molar-refractivity contribution is 6.31. The lowest BCUT2D eigenvalue weighted by Gasteiger charge is -2.21. The van der Waals surface area contributed by atoms with Gasteiger partial charge >= 0.3 is 0 Å². The summed E-state index contributed by atoms with van der Waals surface area (Å²) in [6, 6.07) is 4.22. The normalized spacial score (nSPS) is 10.5. The largest absolute Gasteiger partial charge is 0.349 e. The van der Waals surface area contributed by atoms with E-state index in [4.69, 9.17) is 11.6 Å². The number of nitrogens with zero attached hydrogens (tertiary/aromatic N) is 2. The second-order valence-corrected chi connectivity index (χ2v) is 5.02. The van der Waals surface area contributed by atoms with Crippen LogP contribution in [-0.2, 0) is 6.54 Å². The molecule has 1 rings (SSSR count). The van der Waals surface area contributed by atoms with Crippen LogP contribution in [0, 0.1) is 0 Å². The number of pyridine rings is 1. The molecule has 4 heteroatoms. The molecule has 0 saturated heterocycles. The lowest BCUT2D eigenvalue weighted by Crippen LogP contribution is -2.26.